The van der Waals surface area contributed by atoms with E-state index >= 15 is 0 Å². The van der Waals surface area contributed by atoms with E-state index in [1.807, 2.05) is 31.2 Å². The third-order valence-corrected chi connectivity index (χ3v) is 4.02. The van der Waals surface area contributed by atoms with Gasteiger partial charge in [-0.1, -0.05) is 12.1 Å². The Morgan fingerprint density at radius 1 is 1.43 bits per heavy atom. The van der Waals surface area contributed by atoms with E-state index in [0.29, 0.717) is 19.6 Å². The summed E-state index contributed by atoms with van der Waals surface area (Å²) in [5, 5.41) is 2.86. The number of carbonyl (C=O) groups is 2. The number of nitrogens with two attached hydrogens (primary N) is 1. The van der Waals surface area contributed by atoms with Gasteiger partial charge in [0.15, 0.2) is 0 Å². The Hall–Kier alpha value is -2.08. The van der Waals surface area contributed by atoms with Gasteiger partial charge in [-0.2, -0.15) is 0 Å². The van der Waals surface area contributed by atoms with E-state index in [1.165, 1.54) is 0 Å². The fourth-order valence-electron chi connectivity index (χ4n) is 2.62. The van der Waals surface area contributed by atoms with E-state index in [2.05, 4.69) is 5.32 Å². The van der Waals surface area contributed by atoms with Crippen molar-refractivity contribution in [1.29, 1.82) is 0 Å². The number of methoxy groups -OCH3 is 1. The summed E-state index contributed by atoms with van der Waals surface area (Å²) in [7, 11) is 1.62. The van der Waals surface area contributed by atoms with Gasteiger partial charge < -0.3 is 20.7 Å². The molecule has 1 aliphatic rings. The monoisotopic (exact) mass is 319 g/mol. The van der Waals surface area contributed by atoms with E-state index in [4.69, 9.17) is 10.5 Å². The van der Waals surface area contributed by atoms with Crippen molar-refractivity contribution in [2.75, 3.05) is 20.2 Å². The first-order chi connectivity index (χ1) is 11.0. The third kappa shape index (κ3) is 4.96. The molecule has 1 fully saturated rings. The smallest absolute Gasteiger partial charge is 0.225 e. The van der Waals surface area contributed by atoms with Crippen LogP contribution in [0.15, 0.2) is 24.3 Å². The van der Waals surface area contributed by atoms with Crippen LogP contribution in [0.2, 0.25) is 0 Å². The molecule has 1 aromatic rings. The molecule has 1 heterocycles. The van der Waals surface area contributed by atoms with Gasteiger partial charge in [-0.3, -0.25) is 9.59 Å². The van der Waals surface area contributed by atoms with Crippen molar-refractivity contribution in [3.05, 3.63) is 29.8 Å². The molecule has 6 nitrogen and oxygen atoms in total. The number of hydrogen-bond acceptors (Lipinski definition) is 4. The molecule has 6 heteroatoms. The minimum absolute atomic E-state index is 0.0214. The zero-order valence-electron chi connectivity index (χ0n) is 13.7. The van der Waals surface area contributed by atoms with Crippen LogP contribution in [0.3, 0.4) is 0 Å². The van der Waals surface area contributed by atoms with Crippen molar-refractivity contribution in [3.8, 4) is 5.75 Å². The lowest BCUT2D eigenvalue weighted by atomic mass is 10.1. The molecule has 1 aliphatic heterocycles. The normalized spacial score (nSPS) is 18.8. The lowest BCUT2D eigenvalue weighted by molar-refractivity contribution is -0.129. The lowest BCUT2D eigenvalue weighted by Gasteiger charge is -2.17. The van der Waals surface area contributed by atoms with Crippen molar-refractivity contribution < 1.29 is 14.3 Å². The molecular weight excluding hydrogens is 294 g/mol. The van der Waals surface area contributed by atoms with E-state index in [-0.39, 0.29) is 30.2 Å². The second-order valence-corrected chi connectivity index (χ2v) is 6.08. The minimum atomic E-state index is -0.270. The Morgan fingerprint density at radius 2 is 2.13 bits per heavy atom. The van der Waals surface area contributed by atoms with Crippen molar-refractivity contribution >= 4 is 11.8 Å². The number of ether oxygens (including phenoxy) is 1. The Labute approximate surface area is 137 Å². The molecule has 0 bridgehead atoms. The van der Waals surface area contributed by atoms with Crippen molar-refractivity contribution in [2.45, 2.75) is 32.4 Å². The zero-order chi connectivity index (χ0) is 16.8. The summed E-state index contributed by atoms with van der Waals surface area (Å²) in [6.45, 7) is 3.45. The van der Waals surface area contributed by atoms with Gasteiger partial charge in [0.05, 0.1) is 13.0 Å². The van der Waals surface area contributed by atoms with Crippen LogP contribution in [0.4, 0.5) is 0 Å². The van der Waals surface area contributed by atoms with Crippen molar-refractivity contribution in [2.24, 2.45) is 11.7 Å². The molecule has 3 N–H and O–H groups in total. The Bertz CT molecular complexity index is 543. The predicted molar refractivity (Wildman–Crippen MR) is 87.8 cm³/mol. The molecule has 0 aliphatic carbocycles. The van der Waals surface area contributed by atoms with Crippen LogP contribution in [0.5, 0.6) is 5.75 Å². The largest absolute Gasteiger partial charge is 0.497 e. The first kappa shape index (κ1) is 17.3. The molecule has 0 saturated carbocycles. The average molecular weight is 319 g/mol. The number of amides is 2. The van der Waals surface area contributed by atoms with Crippen molar-refractivity contribution in [1.82, 2.24) is 10.2 Å². The molecule has 2 unspecified atom stereocenters. The summed E-state index contributed by atoms with van der Waals surface area (Å²) in [4.78, 5) is 25.9. The summed E-state index contributed by atoms with van der Waals surface area (Å²) in [6.07, 6.45) is 1.02. The summed E-state index contributed by atoms with van der Waals surface area (Å²) in [5.74, 6) is 0.478. The second kappa shape index (κ2) is 7.97. The van der Waals surface area contributed by atoms with E-state index in [0.717, 1.165) is 17.7 Å². The number of carbonyl (C=O) groups excluding carboxylic acids is 2. The molecule has 2 amide bonds. The standard InChI is InChI=1S/C17H25N3O3/c1-12(18)7-8-19-17(22)14-9-16(21)20(11-14)10-13-3-5-15(23-2)6-4-13/h3-6,12,14H,7-11,18H2,1-2H3,(H,19,22). The summed E-state index contributed by atoms with van der Waals surface area (Å²) < 4.78 is 5.12. The minimum Gasteiger partial charge on any atom is -0.497 e. The Kier molecular flexibility index (Phi) is 5.98. The lowest BCUT2D eigenvalue weighted by Crippen LogP contribution is -2.35. The molecule has 23 heavy (non-hydrogen) atoms. The third-order valence-electron chi connectivity index (χ3n) is 4.02. The predicted octanol–water partition coefficient (Wildman–Crippen LogP) is 0.897. The van der Waals surface area contributed by atoms with Crippen LogP contribution in [0.1, 0.15) is 25.3 Å². The van der Waals surface area contributed by atoms with Crippen LogP contribution >= 0.6 is 0 Å². The van der Waals surface area contributed by atoms with E-state index in [9.17, 15) is 9.59 Å². The first-order valence-corrected chi connectivity index (χ1v) is 7.93. The SMILES string of the molecule is COc1ccc(CN2CC(C(=O)NCCC(C)N)CC2=O)cc1. The maximum Gasteiger partial charge on any atom is 0.225 e. The highest BCUT2D eigenvalue weighted by Crippen LogP contribution is 2.21. The zero-order valence-corrected chi connectivity index (χ0v) is 13.7. The summed E-state index contributed by atoms with van der Waals surface area (Å²) in [6, 6.07) is 7.67. The molecule has 2 atom stereocenters. The number of nitrogens with zero attached hydrogens (tertiary/aromatic N) is 1. The van der Waals surface area contributed by atoms with Gasteiger partial charge in [0.25, 0.3) is 0 Å². The van der Waals surface area contributed by atoms with Crippen LogP contribution in [-0.2, 0) is 16.1 Å². The fourth-order valence-corrected chi connectivity index (χ4v) is 2.62. The highest BCUT2D eigenvalue weighted by atomic mass is 16.5. The molecule has 0 spiro atoms. The topological polar surface area (TPSA) is 84.7 Å². The summed E-state index contributed by atoms with van der Waals surface area (Å²) in [5.41, 5.74) is 6.69. The maximum absolute atomic E-state index is 12.1. The molecule has 126 valence electrons. The number of likely N-dealkylation sites (tertiary alicyclic amines) is 1. The number of nitrogens with one attached hydrogen (secondary N) is 1. The highest BCUT2D eigenvalue weighted by Gasteiger charge is 2.33. The molecule has 1 saturated heterocycles. The van der Waals surface area contributed by atoms with Gasteiger partial charge in [-0.15, -0.1) is 0 Å². The number of hydrogen-bond donors (Lipinski definition) is 2. The molecule has 0 aromatic heterocycles. The van der Waals surface area contributed by atoms with Gasteiger partial charge in [0.2, 0.25) is 11.8 Å². The highest BCUT2D eigenvalue weighted by molar-refractivity contribution is 5.89. The van der Waals surface area contributed by atoms with Gasteiger partial charge in [-0.05, 0) is 31.0 Å². The molecular formula is C17H25N3O3. The number of rotatable bonds is 7. The number of benzene rings is 1. The van der Waals surface area contributed by atoms with Crippen molar-refractivity contribution in [3.63, 3.8) is 0 Å². The second-order valence-electron chi connectivity index (χ2n) is 6.08. The van der Waals surface area contributed by atoms with Crippen LogP contribution in [-0.4, -0.2) is 43.0 Å². The van der Waals surface area contributed by atoms with Crippen LogP contribution in [0, 0.1) is 5.92 Å². The average Bonchev–Trinajstić information content (AvgIpc) is 2.89. The molecule has 0 radical (unpaired) electrons. The molecule has 1 aromatic carbocycles. The van der Waals surface area contributed by atoms with Gasteiger partial charge in [-0.25, -0.2) is 0 Å². The van der Waals surface area contributed by atoms with E-state index < -0.39 is 0 Å². The van der Waals surface area contributed by atoms with E-state index in [1.54, 1.807) is 12.0 Å². The van der Waals surface area contributed by atoms with Gasteiger partial charge in [0.1, 0.15) is 5.75 Å². The Morgan fingerprint density at radius 3 is 2.74 bits per heavy atom. The first-order valence-electron chi connectivity index (χ1n) is 7.93. The van der Waals surface area contributed by atoms with Crippen LogP contribution < -0.4 is 15.8 Å². The van der Waals surface area contributed by atoms with Gasteiger partial charge in [0, 0.05) is 32.1 Å². The molecule has 2 rings (SSSR count). The quantitative estimate of drug-likeness (QED) is 0.782. The maximum atomic E-state index is 12.1. The summed E-state index contributed by atoms with van der Waals surface area (Å²) >= 11 is 0. The fraction of sp³-hybridized carbons (Fsp3) is 0.529. The van der Waals surface area contributed by atoms with Gasteiger partial charge >= 0.3 is 0 Å². The van der Waals surface area contributed by atoms with Crippen LogP contribution in [0.25, 0.3) is 0 Å². The Balaban J connectivity index is 1.85.